The Balaban J connectivity index is 1.88. The van der Waals surface area contributed by atoms with Crippen LogP contribution in [0.15, 0.2) is 0 Å². The number of likely N-dealkylation sites (tertiary alicyclic amines) is 1. The summed E-state index contributed by atoms with van der Waals surface area (Å²) in [7, 11) is 0. The lowest BCUT2D eigenvalue weighted by molar-refractivity contribution is 0.119. The molecule has 2 nitrogen and oxygen atoms in total. The molecule has 0 spiro atoms. The third-order valence-electron chi connectivity index (χ3n) is 3.37. The number of nitrogens with zero attached hydrogens (tertiary/aromatic N) is 1. The summed E-state index contributed by atoms with van der Waals surface area (Å²) in [6.07, 6.45) is 4.01. The zero-order valence-corrected chi connectivity index (χ0v) is 9.93. The molecular weight excluding hydrogens is 192 g/mol. The van der Waals surface area contributed by atoms with Crippen LogP contribution in [0.4, 0.5) is 0 Å². The summed E-state index contributed by atoms with van der Waals surface area (Å²) in [5.74, 6) is 3.50. The lowest BCUT2D eigenvalue weighted by atomic mass is 9.94. The number of hydrogen-bond acceptors (Lipinski definition) is 3. The van der Waals surface area contributed by atoms with Crippen molar-refractivity contribution in [1.29, 1.82) is 0 Å². The van der Waals surface area contributed by atoms with Crippen molar-refractivity contribution in [2.45, 2.75) is 38.3 Å². The Bertz CT molecular complexity index is 170. The van der Waals surface area contributed by atoms with E-state index >= 15 is 0 Å². The van der Waals surface area contributed by atoms with Crippen molar-refractivity contribution in [1.82, 2.24) is 4.90 Å². The van der Waals surface area contributed by atoms with Crippen molar-refractivity contribution in [2.24, 2.45) is 11.7 Å². The number of hydrogen-bond donors (Lipinski definition) is 1. The van der Waals surface area contributed by atoms with Crippen LogP contribution in [-0.2, 0) is 0 Å². The minimum absolute atomic E-state index is 0.422. The van der Waals surface area contributed by atoms with Gasteiger partial charge in [0, 0.05) is 30.9 Å². The standard InChI is InChI=1S/C11H22N2S/c1-9-5-10(12)7-13(6-9)11-3-2-4-14-8-11/h9-11H,2-8,12H2,1H3. The molecule has 0 aromatic carbocycles. The quantitative estimate of drug-likeness (QED) is 0.718. The van der Waals surface area contributed by atoms with E-state index in [1.807, 2.05) is 0 Å². The van der Waals surface area contributed by atoms with E-state index in [0.29, 0.717) is 6.04 Å². The zero-order chi connectivity index (χ0) is 9.97. The molecule has 2 N–H and O–H groups in total. The molecule has 2 rings (SSSR count). The van der Waals surface area contributed by atoms with E-state index in [1.54, 1.807) is 0 Å². The molecule has 2 aliphatic heterocycles. The van der Waals surface area contributed by atoms with Crippen molar-refractivity contribution < 1.29 is 0 Å². The van der Waals surface area contributed by atoms with Crippen LogP contribution in [0.2, 0.25) is 0 Å². The van der Waals surface area contributed by atoms with E-state index in [2.05, 4.69) is 23.6 Å². The minimum Gasteiger partial charge on any atom is -0.327 e. The summed E-state index contributed by atoms with van der Waals surface area (Å²) in [4.78, 5) is 2.64. The molecule has 3 atom stereocenters. The van der Waals surface area contributed by atoms with Gasteiger partial charge in [0.2, 0.25) is 0 Å². The second-order valence-electron chi connectivity index (χ2n) is 4.93. The lowest BCUT2D eigenvalue weighted by Crippen LogP contribution is -2.51. The van der Waals surface area contributed by atoms with Gasteiger partial charge in [0.05, 0.1) is 0 Å². The van der Waals surface area contributed by atoms with Gasteiger partial charge < -0.3 is 5.73 Å². The van der Waals surface area contributed by atoms with Crippen LogP contribution in [0, 0.1) is 5.92 Å². The minimum atomic E-state index is 0.422. The van der Waals surface area contributed by atoms with E-state index in [0.717, 1.165) is 18.5 Å². The van der Waals surface area contributed by atoms with Crippen LogP contribution in [0.1, 0.15) is 26.2 Å². The van der Waals surface area contributed by atoms with Gasteiger partial charge in [0.25, 0.3) is 0 Å². The van der Waals surface area contributed by atoms with Crippen LogP contribution in [0.5, 0.6) is 0 Å². The van der Waals surface area contributed by atoms with Gasteiger partial charge >= 0.3 is 0 Å². The maximum atomic E-state index is 6.07. The fourth-order valence-corrected chi connectivity index (χ4v) is 3.94. The molecule has 2 fully saturated rings. The van der Waals surface area contributed by atoms with E-state index in [1.165, 1.54) is 37.3 Å². The maximum absolute atomic E-state index is 6.07. The number of nitrogens with two attached hydrogens (primary N) is 1. The molecule has 3 unspecified atom stereocenters. The SMILES string of the molecule is CC1CC(N)CN(C2CCCSC2)C1. The van der Waals surface area contributed by atoms with Gasteiger partial charge in [-0.2, -0.15) is 11.8 Å². The Morgan fingerprint density at radius 3 is 2.86 bits per heavy atom. The fourth-order valence-electron chi connectivity index (χ4n) is 2.75. The summed E-state index contributed by atoms with van der Waals surface area (Å²) >= 11 is 2.12. The predicted molar refractivity (Wildman–Crippen MR) is 63.7 cm³/mol. The molecule has 82 valence electrons. The summed E-state index contributed by atoms with van der Waals surface area (Å²) in [5, 5.41) is 0. The number of piperidine rings is 1. The topological polar surface area (TPSA) is 29.3 Å². The normalized spacial score (nSPS) is 41.1. The van der Waals surface area contributed by atoms with Crippen molar-refractivity contribution in [3.05, 3.63) is 0 Å². The van der Waals surface area contributed by atoms with E-state index in [4.69, 9.17) is 5.73 Å². The highest BCUT2D eigenvalue weighted by Gasteiger charge is 2.28. The van der Waals surface area contributed by atoms with Crippen molar-refractivity contribution in [3.8, 4) is 0 Å². The average Bonchev–Trinajstić information content (AvgIpc) is 2.18. The van der Waals surface area contributed by atoms with Gasteiger partial charge in [0.1, 0.15) is 0 Å². The van der Waals surface area contributed by atoms with E-state index in [-0.39, 0.29) is 0 Å². The smallest absolute Gasteiger partial charge is 0.0187 e. The second kappa shape index (κ2) is 4.86. The predicted octanol–water partition coefficient (Wildman–Crippen LogP) is 1.55. The molecule has 2 saturated heterocycles. The Kier molecular flexibility index (Phi) is 3.74. The second-order valence-corrected chi connectivity index (χ2v) is 6.08. The first kappa shape index (κ1) is 10.8. The third-order valence-corrected chi connectivity index (χ3v) is 4.57. The highest BCUT2D eigenvalue weighted by molar-refractivity contribution is 7.99. The first-order valence-corrected chi connectivity index (χ1v) is 6.98. The molecule has 0 amide bonds. The molecule has 0 radical (unpaired) electrons. The summed E-state index contributed by atoms with van der Waals surface area (Å²) in [5.41, 5.74) is 6.07. The molecule has 0 saturated carbocycles. The van der Waals surface area contributed by atoms with Crippen molar-refractivity contribution >= 4 is 11.8 Å². The van der Waals surface area contributed by atoms with Gasteiger partial charge in [-0.1, -0.05) is 6.92 Å². The van der Waals surface area contributed by atoms with E-state index < -0.39 is 0 Å². The average molecular weight is 214 g/mol. The Morgan fingerprint density at radius 1 is 1.36 bits per heavy atom. The molecule has 0 aliphatic carbocycles. The van der Waals surface area contributed by atoms with Gasteiger partial charge in [-0.25, -0.2) is 0 Å². The number of thioether (sulfide) groups is 1. The molecule has 0 bridgehead atoms. The molecule has 0 aromatic rings. The third kappa shape index (κ3) is 2.65. The molecular formula is C11H22N2S. The van der Waals surface area contributed by atoms with Crippen LogP contribution in [0.25, 0.3) is 0 Å². The monoisotopic (exact) mass is 214 g/mol. The highest BCUT2D eigenvalue weighted by atomic mass is 32.2. The van der Waals surface area contributed by atoms with Crippen LogP contribution >= 0.6 is 11.8 Å². The maximum Gasteiger partial charge on any atom is 0.0187 e. The molecule has 2 aliphatic rings. The van der Waals surface area contributed by atoms with Crippen molar-refractivity contribution in [2.75, 3.05) is 24.6 Å². The summed E-state index contributed by atoms with van der Waals surface area (Å²) in [6, 6.07) is 1.24. The van der Waals surface area contributed by atoms with Crippen LogP contribution in [-0.4, -0.2) is 41.6 Å². The molecule has 14 heavy (non-hydrogen) atoms. The van der Waals surface area contributed by atoms with Gasteiger partial charge in [-0.05, 0) is 30.9 Å². The Labute approximate surface area is 91.6 Å². The summed E-state index contributed by atoms with van der Waals surface area (Å²) in [6.45, 7) is 4.75. The zero-order valence-electron chi connectivity index (χ0n) is 9.11. The fraction of sp³-hybridized carbons (Fsp3) is 1.00. The van der Waals surface area contributed by atoms with Gasteiger partial charge in [0.15, 0.2) is 0 Å². The number of rotatable bonds is 1. The van der Waals surface area contributed by atoms with Gasteiger partial charge in [-0.3, -0.25) is 4.90 Å². The van der Waals surface area contributed by atoms with Crippen LogP contribution in [0.3, 0.4) is 0 Å². The Morgan fingerprint density at radius 2 is 2.21 bits per heavy atom. The highest BCUT2D eigenvalue weighted by Crippen LogP contribution is 2.25. The van der Waals surface area contributed by atoms with Crippen LogP contribution < -0.4 is 5.73 Å². The first-order valence-electron chi connectivity index (χ1n) is 5.83. The van der Waals surface area contributed by atoms with Gasteiger partial charge in [-0.15, -0.1) is 0 Å². The molecule has 0 aromatic heterocycles. The first-order chi connectivity index (χ1) is 6.75. The van der Waals surface area contributed by atoms with Crippen molar-refractivity contribution in [3.63, 3.8) is 0 Å². The molecule has 2 heterocycles. The largest absolute Gasteiger partial charge is 0.327 e. The Hall–Kier alpha value is 0.270. The van der Waals surface area contributed by atoms with E-state index in [9.17, 15) is 0 Å². The molecule has 3 heteroatoms. The summed E-state index contributed by atoms with van der Waals surface area (Å²) < 4.78 is 0. The lowest BCUT2D eigenvalue weighted by Gasteiger charge is -2.41.